The van der Waals surface area contributed by atoms with Gasteiger partial charge in [-0.15, -0.1) is 22.7 Å². The van der Waals surface area contributed by atoms with Crippen LogP contribution in [0.25, 0.3) is 108 Å². The standard InChI is InChI=1S/C48H28N4S2/c1-3-12-30(13-4-1)43-45-42(36-17-7-9-20-39(36)49-43)38-28-33(26-27-41(38)54-45)29-22-24-32(25-23-29)47-50-46(31-14-5-2-6-15-31)51-48(52-47)37-19-11-18-35-34-16-8-10-21-40(34)53-44(35)37/h1-28H. The van der Waals surface area contributed by atoms with E-state index < -0.39 is 0 Å². The molecule has 11 rings (SSSR count). The van der Waals surface area contributed by atoms with Crippen LogP contribution in [0.15, 0.2) is 170 Å². The Kier molecular flexibility index (Phi) is 7.18. The predicted molar refractivity (Wildman–Crippen MR) is 228 cm³/mol. The van der Waals surface area contributed by atoms with Gasteiger partial charge in [-0.25, -0.2) is 19.9 Å². The van der Waals surface area contributed by atoms with Crippen molar-refractivity contribution in [3.63, 3.8) is 0 Å². The van der Waals surface area contributed by atoms with Gasteiger partial charge in [0.2, 0.25) is 0 Å². The molecule has 0 radical (unpaired) electrons. The van der Waals surface area contributed by atoms with Crippen LogP contribution in [0.3, 0.4) is 0 Å². The molecule has 252 valence electrons. The first-order chi connectivity index (χ1) is 26.7. The maximum absolute atomic E-state index is 5.16. The summed E-state index contributed by atoms with van der Waals surface area (Å²) >= 11 is 3.60. The molecule has 0 saturated carbocycles. The summed E-state index contributed by atoms with van der Waals surface area (Å²) < 4.78 is 4.90. The fraction of sp³-hybridized carbons (Fsp3) is 0. The first kappa shape index (κ1) is 31.0. The second-order valence-corrected chi connectivity index (χ2v) is 15.5. The van der Waals surface area contributed by atoms with Gasteiger partial charge in [-0.1, -0.05) is 140 Å². The summed E-state index contributed by atoms with van der Waals surface area (Å²) in [5.74, 6) is 1.98. The fourth-order valence-corrected chi connectivity index (χ4v) is 9.95. The van der Waals surface area contributed by atoms with Crippen molar-refractivity contribution in [1.82, 2.24) is 19.9 Å². The van der Waals surface area contributed by atoms with E-state index in [2.05, 4.69) is 152 Å². The topological polar surface area (TPSA) is 51.6 Å². The molecule has 4 aromatic heterocycles. The number of fused-ring (bicyclic) bond motifs is 8. The monoisotopic (exact) mass is 724 g/mol. The minimum atomic E-state index is 0.648. The zero-order valence-corrected chi connectivity index (χ0v) is 30.4. The van der Waals surface area contributed by atoms with Crippen LogP contribution >= 0.6 is 22.7 Å². The molecular weight excluding hydrogens is 697 g/mol. The number of rotatable bonds is 5. The highest BCUT2D eigenvalue weighted by Crippen LogP contribution is 2.44. The molecule has 11 aromatic rings. The number of hydrogen-bond donors (Lipinski definition) is 0. The number of para-hydroxylation sites is 1. The number of benzene rings is 7. The lowest BCUT2D eigenvalue weighted by atomic mass is 9.99. The Morgan fingerprint density at radius 2 is 0.907 bits per heavy atom. The Bertz CT molecular complexity index is 3200. The van der Waals surface area contributed by atoms with E-state index in [0.29, 0.717) is 17.5 Å². The van der Waals surface area contributed by atoms with E-state index in [9.17, 15) is 0 Å². The molecule has 0 aliphatic rings. The van der Waals surface area contributed by atoms with Crippen LogP contribution in [0.4, 0.5) is 0 Å². The van der Waals surface area contributed by atoms with Gasteiger partial charge < -0.3 is 0 Å². The van der Waals surface area contributed by atoms with E-state index in [-0.39, 0.29) is 0 Å². The van der Waals surface area contributed by atoms with Gasteiger partial charge in [0.05, 0.1) is 15.9 Å². The Morgan fingerprint density at radius 3 is 1.70 bits per heavy atom. The van der Waals surface area contributed by atoms with E-state index in [0.717, 1.165) is 44.6 Å². The summed E-state index contributed by atoms with van der Waals surface area (Å²) in [6.45, 7) is 0. The largest absolute Gasteiger partial charge is 0.246 e. The molecule has 0 unspecified atom stereocenters. The Labute approximate surface area is 318 Å². The third-order valence-electron chi connectivity index (χ3n) is 10.1. The predicted octanol–water partition coefficient (Wildman–Crippen LogP) is 13.5. The van der Waals surface area contributed by atoms with Crippen molar-refractivity contribution in [3.8, 4) is 56.5 Å². The van der Waals surface area contributed by atoms with Crippen molar-refractivity contribution >= 4 is 73.9 Å². The smallest absolute Gasteiger partial charge is 0.165 e. The molecule has 0 aliphatic heterocycles. The van der Waals surface area contributed by atoms with Crippen LogP contribution in [-0.2, 0) is 0 Å². The third kappa shape index (κ3) is 5.11. The molecule has 0 fully saturated rings. The Hall–Kier alpha value is -6.60. The van der Waals surface area contributed by atoms with Gasteiger partial charge in [0.1, 0.15) is 0 Å². The van der Waals surface area contributed by atoms with Crippen molar-refractivity contribution in [1.29, 1.82) is 0 Å². The first-order valence-corrected chi connectivity index (χ1v) is 19.5. The van der Waals surface area contributed by atoms with Crippen LogP contribution < -0.4 is 0 Å². The second kappa shape index (κ2) is 12.5. The van der Waals surface area contributed by atoms with E-state index >= 15 is 0 Å². The van der Waals surface area contributed by atoms with E-state index in [1.54, 1.807) is 11.3 Å². The molecule has 7 aromatic carbocycles. The minimum absolute atomic E-state index is 0.648. The van der Waals surface area contributed by atoms with Gasteiger partial charge in [-0.2, -0.15) is 0 Å². The second-order valence-electron chi connectivity index (χ2n) is 13.4. The van der Waals surface area contributed by atoms with Crippen LogP contribution in [-0.4, -0.2) is 19.9 Å². The van der Waals surface area contributed by atoms with Gasteiger partial charge in [-0.3, -0.25) is 0 Å². The average Bonchev–Trinajstić information content (AvgIpc) is 3.83. The number of hydrogen-bond acceptors (Lipinski definition) is 6. The quantitative estimate of drug-likeness (QED) is 0.177. The van der Waals surface area contributed by atoms with Crippen LogP contribution in [0, 0.1) is 0 Å². The van der Waals surface area contributed by atoms with Crippen molar-refractivity contribution in [2.45, 2.75) is 0 Å². The maximum Gasteiger partial charge on any atom is 0.165 e. The molecule has 4 nitrogen and oxygen atoms in total. The maximum atomic E-state index is 5.16. The summed E-state index contributed by atoms with van der Waals surface area (Å²) in [6.07, 6.45) is 0. The molecular formula is C48H28N4S2. The molecule has 0 spiro atoms. The first-order valence-electron chi connectivity index (χ1n) is 17.9. The molecule has 0 saturated heterocycles. The molecule has 0 amide bonds. The summed E-state index contributed by atoms with van der Waals surface area (Å²) in [6, 6.07) is 59.6. The molecule has 0 bridgehead atoms. The van der Waals surface area contributed by atoms with Crippen molar-refractivity contribution in [2.75, 3.05) is 0 Å². The van der Waals surface area contributed by atoms with Crippen molar-refractivity contribution in [2.24, 2.45) is 0 Å². The molecule has 6 heteroatoms. The number of pyridine rings is 1. The molecule has 0 aliphatic carbocycles. The van der Waals surface area contributed by atoms with Crippen molar-refractivity contribution in [3.05, 3.63) is 170 Å². The lowest BCUT2D eigenvalue weighted by Gasteiger charge is -2.10. The Balaban J connectivity index is 1.03. The summed E-state index contributed by atoms with van der Waals surface area (Å²) in [5, 5.41) is 6.16. The summed E-state index contributed by atoms with van der Waals surface area (Å²) in [4.78, 5) is 20.4. The SMILES string of the molecule is c1ccc(-c2nc(-c3ccc(-c4ccc5sc6c(-c7ccccc7)nc7ccccc7c6c5c4)cc3)nc(-c3cccc4c3sc3ccccc34)n2)cc1. The summed E-state index contributed by atoms with van der Waals surface area (Å²) in [7, 11) is 0. The third-order valence-corrected chi connectivity index (χ3v) is 12.5. The van der Waals surface area contributed by atoms with Crippen LogP contribution in [0.5, 0.6) is 0 Å². The van der Waals surface area contributed by atoms with E-state index in [1.165, 1.54) is 45.7 Å². The van der Waals surface area contributed by atoms with Crippen LogP contribution in [0.2, 0.25) is 0 Å². The molecule has 0 N–H and O–H groups in total. The zero-order valence-electron chi connectivity index (χ0n) is 28.8. The van der Waals surface area contributed by atoms with Gasteiger partial charge in [-0.05, 0) is 41.5 Å². The number of nitrogens with zero attached hydrogens (tertiary/aromatic N) is 4. The van der Waals surface area contributed by atoms with E-state index in [4.69, 9.17) is 19.9 Å². The number of aromatic nitrogens is 4. The number of thiophene rings is 2. The fourth-order valence-electron chi connectivity index (χ4n) is 7.53. The van der Waals surface area contributed by atoms with Crippen molar-refractivity contribution < 1.29 is 0 Å². The minimum Gasteiger partial charge on any atom is -0.246 e. The van der Waals surface area contributed by atoms with Gasteiger partial charge in [0, 0.05) is 63.3 Å². The molecule has 0 atom stereocenters. The van der Waals surface area contributed by atoms with Gasteiger partial charge >= 0.3 is 0 Å². The zero-order chi connectivity index (χ0) is 35.6. The lowest BCUT2D eigenvalue weighted by Crippen LogP contribution is -2.00. The average molecular weight is 725 g/mol. The lowest BCUT2D eigenvalue weighted by molar-refractivity contribution is 1.08. The Morgan fingerprint density at radius 1 is 0.333 bits per heavy atom. The molecule has 54 heavy (non-hydrogen) atoms. The van der Waals surface area contributed by atoms with E-state index in [1.807, 2.05) is 29.5 Å². The normalized spacial score (nSPS) is 11.7. The van der Waals surface area contributed by atoms with Gasteiger partial charge in [0.15, 0.2) is 17.5 Å². The highest BCUT2D eigenvalue weighted by Gasteiger charge is 2.18. The molecule has 4 heterocycles. The highest BCUT2D eigenvalue weighted by atomic mass is 32.1. The summed E-state index contributed by atoms with van der Waals surface area (Å²) in [5.41, 5.74) is 8.38. The van der Waals surface area contributed by atoms with Gasteiger partial charge in [0.25, 0.3) is 0 Å². The highest BCUT2D eigenvalue weighted by molar-refractivity contribution is 7.26. The van der Waals surface area contributed by atoms with Crippen LogP contribution in [0.1, 0.15) is 0 Å².